The number of hydrogen-bond donors (Lipinski definition) is 2. The van der Waals surface area contributed by atoms with Crippen molar-refractivity contribution in [3.63, 3.8) is 0 Å². The van der Waals surface area contributed by atoms with Crippen molar-refractivity contribution in [2.45, 2.75) is 19.3 Å². The summed E-state index contributed by atoms with van der Waals surface area (Å²) in [7, 11) is 0. The summed E-state index contributed by atoms with van der Waals surface area (Å²) in [4.78, 5) is 13.9. The summed E-state index contributed by atoms with van der Waals surface area (Å²) in [5.74, 6) is 0. The molecule has 1 aromatic carbocycles. The summed E-state index contributed by atoms with van der Waals surface area (Å²) in [5.41, 5.74) is 1.33. The molecule has 0 radical (unpaired) electrons. The van der Waals surface area contributed by atoms with Crippen LogP contribution in [-0.4, -0.2) is 43.7 Å². The smallest absolute Gasteiger partial charge is 0.317 e. The average molecular weight is 261 g/mol. The number of hydrogen-bond acceptors (Lipinski definition) is 2. The Morgan fingerprint density at radius 2 is 2.05 bits per heavy atom. The van der Waals surface area contributed by atoms with Crippen LogP contribution in [0.4, 0.5) is 4.79 Å². The van der Waals surface area contributed by atoms with E-state index < -0.39 is 0 Å². The number of carbonyl (C=O) groups excluding carboxylic acids is 1. The van der Waals surface area contributed by atoms with E-state index in [1.807, 2.05) is 11.0 Å². The average Bonchev–Trinajstić information content (AvgIpc) is 2.73. The zero-order valence-electron chi connectivity index (χ0n) is 11.4. The molecule has 0 bridgehead atoms. The summed E-state index contributed by atoms with van der Waals surface area (Å²) in [6.45, 7) is 4.33. The van der Waals surface area contributed by atoms with Crippen molar-refractivity contribution in [3.8, 4) is 0 Å². The topological polar surface area (TPSA) is 44.4 Å². The molecule has 1 fully saturated rings. The fraction of sp³-hybridized carbons (Fsp3) is 0.533. The van der Waals surface area contributed by atoms with E-state index in [4.69, 9.17) is 0 Å². The van der Waals surface area contributed by atoms with E-state index in [0.29, 0.717) is 0 Å². The fourth-order valence-electron chi connectivity index (χ4n) is 2.29. The molecule has 0 spiro atoms. The van der Waals surface area contributed by atoms with E-state index in [9.17, 15) is 4.79 Å². The quantitative estimate of drug-likeness (QED) is 0.809. The Kier molecular flexibility index (Phi) is 5.69. The highest BCUT2D eigenvalue weighted by molar-refractivity contribution is 5.74. The highest BCUT2D eigenvalue weighted by atomic mass is 16.2. The van der Waals surface area contributed by atoms with Gasteiger partial charge in [0.1, 0.15) is 0 Å². The zero-order chi connectivity index (χ0) is 13.3. The van der Waals surface area contributed by atoms with E-state index in [2.05, 4.69) is 34.9 Å². The van der Waals surface area contributed by atoms with Crippen LogP contribution < -0.4 is 10.6 Å². The maximum absolute atomic E-state index is 11.9. The maximum Gasteiger partial charge on any atom is 0.317 e. The molecular weight excluding hydrogens is 238 g/mol. The van der Waals surface area contributed by atoms with Gasteiger partial charge in [0.25, 0.3) is 0 Å². The van der Waals surface area contributed by atoms with Gasteiger partial charge in [0.15, 0.2) is 0 Å². The molecule has 104 valence electrons. The van der Waals surface area contributed by atoms with Crippen LogP contribution in [0.25, 0.3) is 0 Å². The molecular formula is C15H23N3O. The third-order valence-electron chi connectivity index (χ3n) is 3.39. The lowest BCUT2D eigenvalue weighted by Crippen LogP contribution is -2.42. The first-order valence-electron chi connectivity index (χ1n) is 7.14. The van der Waals surface area contributed by atoms with Crippen molar-refractivity contribution in [3.05, 3.63) is 35.9 Å². The van der Waals surface area contributed by atoms with Gasteiger partial charge in [-0.15, -0.1) is 0 Å². The van der Waals surface area contributed by atoms with Crippen molar-refractivity contribution in [2.24, 2.45) is 0 Å². The molecule has 0 atom stereocenters. The van der Waals surface area contributed by atoms with E-state index in [0.717, 1.165) is 52.0 Å². The van der Waals surface area contributed by atoms with Crippen LogP contribution in [0.2, 0.25) is 0 Å². The summed E-state index contributed by atoms with van der Waals surface area (Å²) >= 11 is 0. The lowest BCUT2D eigenvalue weighted by molar-refractivity contribution is 0.201. The van der Waals surface area contributed by atoms with Crippen LogP contribution in [0.15, 0.2) is 30.3 Å². The molecule has 4 heteroatoms. The minimum absolute atomic E-state index is 0.0803. The second-order valence-corrected chi connectivity index (χ2v) is 4.91. The van der Waals surface area contributed by atoms with Gasteiger partial charge < -0.3 is 15.5 Å². The highest BCUT2D eigenvalue weighted by Gasteiger charge is 2.13. The Labute approximate surface area is 115 Å². The van der Waals surface area contributed by atoms with Gasteiger partial charge in [0, 0.05) is 26.2 Å². The van der Waals surface area contributed by atoms with E-state index >= 15 is 0 Å². The second-order valence-electron chi connectivity index (χ2n) is 4.91. The molecule has 4 nitrogen and oxygen atoms in total. The molecule has 2 amide bonds. The highest BCUT2D eigenvalue weighted by Crippen LogP contribution is 2.02. The van der Waals surface area contributed by atoms with Gasteiger partial charge in [-0.1, -0.05) is 30.3 Å². The van der Waals surface area contributed by atoms with Crippen LogP contribution in [-0.2, 0) is 6.42 Å². The number of urea groups is 1. The van der Waals surface area contributed by atoms with Crippen LogP contribution >= 0.6 is 0 Å². The summed E-state index contributed by atoms with van der Waals surface area (Å²) in [5, 5.41) is 6.31. The molecule has 0 saturated carbocycles. The molecule has 0 aromatic heterocycles. The summed E-state index contributed by atoms with van der Waals surface area (Å²) in [6.07, 6.45) is 3.04. The number of nitrogens with zero attached hydrogens (tertiary/aromatic N) is 1. The number of amides is 2. The molecule has 0 unspecified atom stereocenters. The minimum atomic E-state index is 0.0803. The number of benzene rings is 1. The number of nitrogens with one attached hydrogen (secondary N) is 2. The van der Waals surface area contributed by atoms with Crippen molar-refractivity contribution >= 4 is 6.03 Å². The lowest BCUT2D eigenvalue weighted by atomic mass is 10.1. The van der Waals surface area contributed by atoms with Crippen LogP contribution in [0.5, 0.6) is 0 Å². The van der Waals surface area contributed by atoms with Gasteiger partial charge in [-0.25, -0.2) is 4.79 Å². The third kappa shape index (κ3) is 4.91. The second kappa shape index (κ2) is 7.79. The Hall–Kier alpha value is -1.55. The van der Waals surface area contributed by atoms with Crippen LogP contribution in [0.1, 0.15) is 18.4 Å². The van der Waals surface area contributed by atoms with Gasteiger partial charge in [0.05, 0.1) is 0 Å². The predicted octanol–water partition coefficient (Wildman–Crippen LogP) is 1.62. The molecule has 1 aromatic rings. The van der Waals surface area contributed by atoms with Gasteiger partial charge in [-0.3, -0.25) is 0 Å². The molecule has 2 N–H and O–H groups in total. The van der Waals surface area contributed by atoms with Gasteiger partial charge in [-0.2, -0.15) is 0 Å². The first-order valence-corrected chi connectivity index (χ1v) is 7.14. The number of aryl methyl sites for hydroxylation is 1. The van der Waals surface area contributed by atoms with Gasteiger partial charge in [0.2, 0.25) is 0 Å². The minimum Gasteiger partial charge on any atom is -0.338 e. The first-order chi connectivity index (χ1) is 9.36. The first kappa shape index (κ1) is 13.9. The molecule has 19 heavy (non-hydrogen) atoms. The Morgan fingerprint density at radius 3 is 2.89 bits per heavy atom. The van der Waals surface area contributed by atoms with Crippen molar-refractivity contribution in [2.75, 3.05) is 32.7 Å². The van der Waals surface area contributed by atoms with Crippen LogP contribution in [0.3, 0.4) is 0 Å². The van der Waals surface area contributed by atoms with Gasteiger partial charge >= 0.3 is 6.03 Å². The SMILES string of the molecule is O=C(NCCCc1ccccc1)N1CCCNCC1. The number of carbonyl (C=O) groups is 1. The zero-order valence-corrected chi connectivity index (χ0v) is 11.4. The monoisotopic (exact) mass is 261 g/mol. The van der Waals surface area contributed by atoms with E-state index in [1.54, 1.807) is 0 Å². The summed E-state index contributed by atoms with van der Waals surface area (Å²) < 4.78 is 0. The van der Waals surface area contributed by atoms with Crippen molar-refractivity contribution in [1.82, 2.24) is 15.5 Å². The Morgan fingerprint density at radius 1 is 1.21 bits per heavy atom. The third-order valence-corrected chi connectivity index (χ3v) is 3.39. The van der Waals surface area contributed by atoms with Crippen LogP contribution in [0, 0.1) is 0 Å². The van der Waals surface area contributed by atoms with E-state index in [1.165, 1.54) is 5.56 Å². The van der Waals surface area contributed by atoms with Crippen molar-refractivity contribution in [1.29, 1.82) is 0 Å². The normalized spacial score (nSPS) is 15.9. The lowest BCUT2D eigenvalue weighted by Gasteiger charge is -2.20. The molecule has 1 aliphatic heterocycles. The standard InChI is InChI=1S/C15H23N3O/c19-15(18-12-5-9-16-11-13-18)17-10-4-8-14-6-2-1-3-7-14/h1-3,6-7,16H,4-5,8-13H2,(H,17,19). The Bertz CT molecular complexity index is 372. The van der Waals surface area contributed by atoms with Crippen molar-refractivity contribution < 1.29 is 4.79 Å². The molecule has 1 aliphatic rings. The Balaban J connectivity index is 1.63. The van der Waals surface area contributed by atoms with E-state index in [-0.39, 0.29) is 6.03 Å². The number of rotatable bonds is 4. The predicted molar refractivity (Wildman–Crippen MR) is 77.2 cm³/mol. The summed E-state index contributed by atoms with van der Waals surface area (Å²) in [6, 6.07) is 10.5. The largest absolute Gasteiger partial charge is 0.338 e. The molecule has 1 saturated heterocycles. The fourth-order valence-corrected chi connectivity index (χ4v) is 2.29. The van der Waals surface area contributed by atoms with Gasteiger partial charge in [-0.05, 0) is 31.4 Å². The molecule has 2 rings (SSSR count). The molecule has 1 heterocycles. The molecule has 0 aliphatic carbocycles. The maximum atomic E-state index is 11.9.